The van der Waals surface area contributed by atoms with Crippen molar-refractivity contribution in [3.8, 4) is 0 Å². The number of aliphatic imine (C=N–C) groups is 1. The van der Waals surface area contributed by atoms with Crippen molar-refractivity contribution >= 4 is 11.9 Å². The van der Waals surface area contributed by atoms with E-state index < -0.39 is 0 Å². The Bertz CT molecular complexity index is 369. The largest absolute Gasteiger partial charge is 0.378 e. The number of amides is 1. The van der Waals surface area contributed by atoms with Gasteiger partial charge in [-0.15, -0.1) is 0 Å². The Morgan fingerprint density at radius 3 is 2.41 bits per heavy atom. The lowest BCUT2D eigenvalue weighted by Crippen LogP contribution is -2.48. The van der Waals surface area contributed by atoms with E-state index in [1.807, 2.05) is 34.6 Å². The molecule has 1 aliphatic rings. The van der Waals surface area contributed by atoms with Crippen molar-refractivity contribution < 1.29 is 9.53 Å². The highest BCUT2D eigenvalue weighted by Crippen LogP contribution is 2.13. The molecule has 0 radical (unpaired) electrons. The molecule has 1 rings (SSSR count). The van der Waals surface area contributed by atoms with Crippen molar-refractivity contribution in [3.05, 3.63) is 0 Å². The minimum Gasteiger partial charge on any atom is -0.378 e. The van der Waals surface area contributed by atoms with Gasteiger partial charge < -0.3 is 20.3 Å². The van der Waals surface area contributed by atoms with Crippen LogP contribution in [0.5, 0.6) is 0 Å². The fraction of sp³-hybridized carbons (Fsp3) is 0.875. The maximum Gasteiger partial charge on any atom is 0.242 e. The van der Waals surface area contributed by atoms with E-state index in [9.17, 15) is 4.79 Å². The molecule has 1 aliphatic heterocycles. The summed E-state index contributed by atoms with van der Waals surface area (Å²) in [5.74, 6) is 0.772. The molecule has 22 heavy (non-hydrogen) atoms. The summed E-state index contributed by atoms with van der Waals surface area (Å²) in [6.07, 6.45) is 2.37. The minimum atomic E-state index is -0.221. The standard InChI is InChI=1S/C16H32N4O2/c1-6-17-15(18-12-14(21)19-16(3,4)5)20-10-8-13(9-11-20)22-7-2/h13H,6-12H2,1-5H3,(H,17,18)(H,19,21). The zero-order valence-electron chi connectivity index (χ0n) is 14.7. The number of hydrogen-bond acceptors (Lipinski definition) is 3. The van der Waals surface area contributed by atoms with Crippen LogP contribution >= 0.6 is 0 Å². The molecule has 0 aliphatic carbocycles. The SMILES string of the molecule is CCNC(=NCC(=O)NC(C)(C)C)N1CCC(OCC)CC1. The number of ether oxygens (including phenoxy) is 1. The summed E-state index contributed by atoms with van der Waals surface area (Å²) in [6, 6.07) is 0. The van der Waals surface area contributed by atoms with Crippen LogP contribution in [0.3, 0.4) is 0 Å². The highest BCUT2D eigenvalue weighted by molar-refractivity contribution is 5.85. The van der Waals surface area contributed by atoms with Crippen LogP contribution in [0.4, 0.5) is 0 Å². The lowest BCUT2D eigenvalue weighted by molar-refractivity contribution is -0.121. The molecule has 0 bridgehead atoms. The van der Waals surface area contributed by atoms with Gasteiger partial charge in [0.1, 0.15) is 6.54 Å². The van der Waals surface area contributed by atoms with Gasteiger partial charge in [-0.3, -0.25) is 4.79 Å². The third kappa shape index (κ3) is 7.11. The third-order valence-electron chi connectivity index (χ3n) is 3.37. The number of guanidine groups is 1. The van der Waals surface area contributed by atoms with E-state index in [0.717, 1.165) is 45.0 Å². The Hall–Kier alpha value is -1.30. The van der Waals surface area contributed by atoms with Crippen LogP contribution in [-0.4, -0.2) is 61.2 Å². The predicted octanol–water partition coefficient (Wildman–Crippen LogP) is 1.37. The average molecular weight is 312 g/mol. The maximum absolute atomic E-state index is 11.9. The summed E-state index contributed by atoms with van der Waals surface area (Å²) in [5, 5.41) is 6.20. The monoisotopic (exact) mass is 312 g/mol. The number of likely N-dealkylation sites (tertiary alicyclic amines) is 1. The molecule has 1 heterocycles. The Kier molecular flexibility index (Phi) is 7.65. The summed E-state index contributed by atoms with van der Waals surface area (Å²) in [6.45, 7) is 13.5. The average Bonchev–Trinajstić information content (AvgIpc) is 2.43. The van der Waals surface area contributed by atoms with Crippen molar-refractivity contribution in [1.29, 1.82) is 0 Å². The first kappa shape index (κ1) is 18.7. The fourth-order valence-electron chi connectivity index (χ4n) is 2.50. The van der Waals surface area contributed by atoms with Gasteiger partial charge >= 0.3 is 0 Å². The first-order valence-corrected chi connectivity index (χ1v) is 8.31. The van der Waals surface area contributed by atoms with Gasteiger partial charge in [0.2, 0.25) is 5.91 Å². The molecule has 0 atom stereocenters. The normalized spacial score (nSPS) is 17.5. The number of nitrogens with zero attached hydrogens (tertiary/aromatic N) is 2. The minimum absolute atomic E-state index is 0.0490. The van der Waals surface area contributed by atoms with E-state index in [1.54, 1.807) is 0 Å². The summed E-state index contributed by atoms with van der Waals surface area (Å²) in [4.78, 5) is 18.6. The van der Waals surface area contributed by atoms with Gasteiger partial charge in [-0.1, -0.05) is 0 Å². The van der Waals surface area contributed by atoms with Crippen LogP contribution in [0.1, 0.15) is 47.5 Å². The van der Waals surface area contributed by atoms with E-state index in [1.165, 1.54) is 0 Å². The number of carbonyl (C=O) groups is 1. The van der Waals surface area contributed by atoms with Crippen LogP contribution in [0.15, 0.2) is 4.99 Å². The van der Waals surface area contributed by atoms with Crippen LogP contribution in [-0.2, 0) is 9.53 Å². The Labute approximate surface area is 134 Å². The van der Waals surface area contributed by atoms with Gasteiger partial charge in [0.25, 0.3) is 0 Å². The highest BCUT2D eigenvalue weighted by atomic mass is 16.5. The topological polar surface area (TPSA) is 66.0 Å². The smallest absolute Gasteiger partial charge is 0.242 e. The summed E-state index contributed by atoms with van der Waals surface area (Å²) in [7, 11) is 0. The molecule has 1 fully saturated rings. The number of piperidine rings is 1. The van der Waals surface area contributed by atoms with Crippen molar-refractivity contribution in [2.24, 2.45) is 4.99 Å². The number of rotatable bonds is 5. The first-order chi connectivity index (χ1) is 10.4. The molecular weight excluding hydrogens is 280 g/mol. The van der Waals surface area contributed by atoms with Gasteiger partial charge in [-0.25, -0.2) is 4.99 Å². The van der Waals surface area contributed by atoms with E-state index in [-0.39, 0.29) is 18.0 Å². The van der Waals surface area contributed by atoms with Gasteiger partial charge in [0.15, 0.2) is 5.96 Å². The quantitative estimate of drug-likeness (QED) is 0.594. The van der Waals surface area contributed by atoms with E-state index in [0.29, 0.717) is 6.10 Å². The van der Waals surface area contributed by atoms with E-state index >= 15 is 0 Å². The van der Waals surface area contributed by atoms with Crippen LogP contribution in [0.25, 0.3) is 0 Å². The molecule has 0 unspecified atom stereocenters. The van der Waals surface area contributed by atoms with Gasteiger partial charge in [-0.2, -0.15) is 0 Å². The molecule has 0 saturated carbocycles. The van der Waals surface area contributed by atoms with Gasteiger partial charge in [-0.05, 0) is 47.5 Å². The summed E-state index contributed by atoms with van der Waals surface area (Å²) in [5.41, 5.74) is -0.221. The van der Waals surface area contributed by atoms with Gasteiger partial charge in [0.05, 0.1) is 6.10 Å². The van der Waals surface area contributed by atoms with Crippen molar-refractivity contribution in [2.75, 3.05) is 32.8 Å². The van der Waals surface area contributed by atoms with E-state index in [2.05, 4.69) is 20.5 Å². The molecule has 0 aromatic heterocycles. The predicted molar refractivity (Wildman–Crippen MR) is 90.1 cm³/mol. The van der Waals surface area contributed by atoms with Crippen LogP contribution < -0.4 is 10.6 Å². The lowest BCUT2D eigenvalue weighted by Gasteiger charge is -2.34. The molecule has 0 spiro atoms. The van der Waals surface area contributed by atoms with Crippen LogP contribution in [0.2, 0.25) is 0 Å². The van der Waals surface area contributed by atoms with Crippen LogP contribution in [0, 0.1) is 0 Å². The fourth-order valence-corrected chi connectivity index (χ4v) is 2.50. The zero-order chi connectivity index (χ0) is 16.6. The van der Waals surface area contributed by atoms with Gasteiger partial charge in [0, 0.05) is 31.8 Å². The maximum atomic E-state index is 11.9. The highest BCUT2D eigenvalue weighted by Gasteiger charge is 2.22. The molecule has 128 valence electrons. The Balaban J connectivity index is 2.54. The molecule has 6 heteroatoms. The second kappa shape index (κ2) is 8.98. The molecular formula is C16H32N4O2. The van der Waals surface area contributed by atoms with Crippen molar-refractivity contribution in [2.45, 2.75) is 59.1 Å². The third-order valence-corrected chi connectivity index (χ3v) is 3.37. The summed E-state index contributed by atoms with van der Waals surface area (Å²) >= 11 is 0. The Morgan fingerprint density at radius 2 is 1.91 bits per heavy atom. The number of nitrogens with one attached hydrogen (secondary N) is 2. The Morgan fingerprint density at radius 1 is 1.27 bits per heavy atom. The molecule has 6 nitrogen and oxygen atoms in total. The molecule has 2 N–H and O–H groups in total. The van der Waals surface area contributed by atoms with E-state index in [4.69, 9.17) is 4.74 Å². The second-order valence-electron chi connectivity index (χ2n) is 6.61. The molecule has 0 aromatic rings. The van der Waals surface area contributed by atoms with Crippen molar-refractivity contribution in [3.63, 3.8) is 0 Å². The number of hydrogen-bond donors (Lipinski definition) is 2. The molecule has 1 saturated heterocycles. The molecule has 1 amide bonds. The molecule has 0 aromatic carbocycles. The first-order valence-electron chi connectivity index (χ1n) is 8.31. The number of carbonyl (C=O) groups excluding carboxylic acids is 1. The lowest BCUT2D eigenvalue weighted by atomic mass is 10.1. The summed E-state index contributed by atoms with van der Waals surface area (Å²) < 4.78 is 5.67. The zero-order valence-corrected chi connectivity index (χ0v) is 14.7. The second-order valence-corrected chi connectivity index (χ2v) is 6.61. The van der Waals surface area contributed by atoms with Crippen molar-refractivity contribution in [1.82, 2.24) is 15.5 Å².